The number of rotatable bonds is 0. The lowest BCUT2D eigenvalue weighted by Crippen LogP contribution is -2.40. The first-order chi connectivity index (χ1) is 8.35. The lowest BCUT2D eigenvalue weighted by Gasteiger charge is -2.28. The van der Waals surface area contributed by atoms with E-state index in [2.05, 4.69) is 17.1 Å². The summed E-state index contributed by atoms with van der Waals surface area (Å²) >= 11 is 0. The molecule has 94 valence electrons. The highest BCUT2D eigenvalue weighted by Crippen LogP contribution is 2.85. The van der Waals surface area contributed by atoms with Crippen molar-refractivity contribution in [1.82, 2.24) is 0 Å². The highest BCUT2D eigenvalue weighted by atomic mass is 16.8. The molecule has 2 heterocycles. The predicted octanol–water partition coefficient (Wildman–Crippen LogP) is 0.506. The zero-order valence-corrected chi connectivity index (χ0v) is 10.5. The van der Waals surface area contributed by atoms with Gasteiger partial charge in [0, 0.05) is 5.41 Å². The third-order valence-electron chi connectivity index (χ3n) is 4.71. The first kappa shape index (κ1) is 11.5. The Hall–Kier alpha value is -1.63. The maximum Gasteiger partial charge on any atom is 0.293 e. The number of hydrogen-bond acceptors (Lipinski definition) is 6. The van der Waals surface area contributed by atoms with Crippen molar-refractivity contribution in [2.45, 2.75) is 32.8 Å². The first-order valence-electron chi connectivity index (χ1n) is 5.85. The Morgan fingerprint density at radius 3 is 2.44 bits per heavy atom. The van der Waals surface area contributed by atoms with Crippen molar-refractivity contribution in [2.24, 2.45) is 27.0 Å². The van der Waals surface area contributed by atoms with Crippen LogP contribution in [0.25, 0.3) is 0 Å². The molecule has 2 fully saturated rings. The lowest BCUT2D eigenvalue weighted by atomic mass is 9.93. The maximum absolute atomic E-state index is 9.64. The molecule has 0 amide bonds. The van der Waals surface area contributed by atoms with Gasteiger partial charge in [0.1, 0.15) is 11.3 Å². The maximum atomic E-state index is 9.64. The van der Waals surface area contributed by atoms with Crippen LogP contribution in [0.5, 0.6) is 0 Å². The number of nitriles is 2. The highest BCUT2D eigenvalue weighted by Gasteiger charge is 2.98. The molecule has 4 atom stereocenters. The van der Waals surface area contributed by atoms with Crippen LogP contribution in [-0.2, 0) is 9.47 Å². The van der Waals surface area contributed by atoms with Crippen molar-refractivity contribution in [3.63, 3.8) is 0 Å². The molecular formula is C12H14N4O2. The molecule has 0 aromatic heterocycles. The van der Waals surface area contributed by atoms with E-state index in [9.17, 15) is 10.5 Å². The van der Waals surface area contributed by atoms with Crippen molar-refractivity contribution in [1.29, 1.82) is 10.5 Å². The van der Waals surface area contributed by atoms with Gasteiger partial charge in [0.05, 0.1) is 24.8 Å². The summed E-state index contributed by atoms with van der Waals surface area (Å²) in [5, 5.41) is 19.1. The fourth-order valence-electron chi connectivity index (χ4n) is 3.75. The Morgan fingerprint density at radius 1 is 1.39 bits per heavy atom. The molecule has 3 aliphatic rings. The summed E-state index contributed by atoms with van der Waals surface area (Å²) in [4.78, 5) is 4.19. The van der Waals surface area contributed by atoms with Crippen LogP contribution in [0, 0.1) is 38.9 Å². The largest absolute Gasteiger partial charge is 0.386 e. The number of hydrogen-bond donors (Lipinski definition) is 1. The van der Waals surface area contributed by atoms with E-state index in [4.69, 9.17) is 15.2 Å². The fraction of sp³-hybridized carbons (Fsp3) is 0.750. The average Bonchev–Trinajstić information content (AvgIpc) is 2.56. The number of aliphatic imine (C=N–C) groups is 1. The molecule has 2 aliphatic heterocycles. The molecule has 1 spiro atoms. The van der Waals surface area contributed by atoms with E-state index in [1.165, 1.54) is 0 Å². The lowest BCUT2D eigenvalue weighted by molar-refractivity contribution is -0.199. The second-order valence-electron chi connectivity index (χ2n) is 5.67. The van der Waals surface area contributed by atoms with Crippen molar-refractivity contribution in [3.05, 3.63) is 0 Å². The van der Waals surface area contributed by atoms with Crippen LogP contribution in [-0.4, -0.2) is 24.5 Å². The summed E-state index contributed by atoms with van der Waals surface area (Å²) in [7, 11) is 0. The molecule has 18 heavy (non-hydrogen) atoms. The first-order valence-corrected chi connectivity index (χ1v) is 5.85. The highest BCUT2D eigenvalue weighted by molar-refractivity contribution is 5.99. The Balaban J connectivity index is 2.24. The van der Waals surface area contributed by atoms with Crippen molar-refractivity contribution < 1.29 is 9.47 Å². The molecule has 6 heteroatoms. The molecule has 0 aromatic rings. The third-order valence-corrected chi connectivity index (χ3v) is 4.71. The van der Waals surface area contributed by atoms with Crippen LogP contribution < -0.4 is 5.73 Å². The zero-order valence-electron chi connectivity index (χ0n) is 10.5. The van der Waals surface area contributed by atoms with Gasteiger partial charge < -0.3 is 15.2 Å². The standard InChI is InChI=1S/C12H14N4O2/c1-7-4-17-12(18-7)11(6-14)9(2,3)10(11,5-13)8(15)16-12/h7H,4H2,1-3H3,(H2,15,16)/t7-,10+,11-,12-/m1/s1. The summed E-state index contributed by atoms with van der Waals surface area (Å²) in [5.74, 6) is -1.27. The predicted molar refractivity (Wildman–Crippen MR) is 60.7 cm³/mol. The summed E-state index contributed by atoms with van der Waals surface area (Å²) < 4.78 is 11.4. The minimum Gasteiger partial charge on any atom is -0.386 e. The van der Waals surface area contributed by atoms with Gasteiger partial charge in [-0.1, -0.05) is 13.8 Å². The Morgan fingerprint density at radius 2 is 2.06 bits per heavy atom. The van der Waals surface area contributed by atoms with Crippen molar-refractivity contribution >= 4 is 5.84 Å². The van der Waals surface area contributed by atoms with Crippen LogP contribution in [0.15, 0.2) is 4.99 Å². The monoisotopic (exact) mass is 246 g/mol. The molecule has 0 radical (unpaired) electrons. The van der Waals surface area contributed by atoms with E-state index >= 15 is 0 Å². The molecule has 1 saturated carbocycles. The third kappa shape index (κ3) is 0.705. The van der Waals surface area contributed by atoms with Gasteiger partial charge in [-0.15, -0.1) is 0 Å². The minimum atomic E-state index is -1.41. The molecule has 3 rings (SSSR count). The normalized spacial score (nSPS) is 51.4. The molecule has 1 saturated heterocycles. The Bertz CT molecular complexity index is 557. The van der Waals surface area contributed by atoms with Gasteiger partial charge in [-0.25, -0.2) is 4.99 Å². The van der Waals surface area contributed by atoms with Gasteiger partial charge in [0.25, 0.3) is 5.91 Å². The Kier molecular flexibility index (Phi) is 1.71. The van der Waals surface area contributed by atoms with Crippen LogP contribution in [0.4, 0.5) is 0 Å². The minimum absolute atomic E-state index is 0.144. The molecular weight excluding hydrogens is 232 g/mol. The van der Waals surface area contributed by atoms with Crippen LogP contribution in [0.1, 0.15) is 20.8 Å². The van der Waals surface area contributed by atoms with Crippen LogP contribution >= 0.6 is 0 Å². The van der Waals surface area contributed by atoms with Gasteiger partial charge in [0.2, 0.25) is 0 Å². The molecule has 0 unspecified atom stereocenters. The van der Waals surface area contributed by atoms with E-state index in [1.807, 2.05) is 20.8 Å². The average molecular weight is 246 g/mol. The van der Waals surface area contributed by atoms with E-state index in [-0.39, 0.29) is 11.9 Å². The van der Waals surface area contributed by atoms with E-state index in [0.29, 0.717) is 6.61 Å². The van der Waals surface area contributed by atoms with Gasteiger partial charge in [-0.2, -0.15) is 10.5 Å². The van der Waals surface area contributed by atoms with Gasteiger partial charge in [0.15, 0.2) is 5.41 Å². The van der Waals surface area contributed by atoms with Gasteiger partial charge in [-0.3, -0.25) is 0 Å². The SMILES string of the molecule is C[C@@H]1CO[C@@]2(N=C(N)[C@@]3(C#N)C(C)(C)[C@@]23C#N)O1. The number of ether oxygens (including phenoxy) is 2. The van der Waals surface area contributed by atoms with Crippen molar-refractivity contribution in [2.75, 3.05) is 6.61 Å². The zero-order chi connectivity index (χ0) is 13.4. The number of amidine groups is 1. The quantitative estimate of drug-likeness (QED) is 0.670. The van der Waals surface area contributed by atoms with Crippen LogP contribution in [0.2, 0.25) is 0 Å². The summed E-state index contributed by atoms with van der Waals surface area (Å²) in [6.45, 7) is 5.85. The van der Waals surface area contributed by atoms with Gasteiger partial charge in [-0.05, 0) is 6.92 Å². The summed E-state index contributed by atoms with van der Waals surface area (Å²) in [5.41, 5.74) is 3.01. The van der Waals surface area contributed by atoms with Crippen molar-refractivity contribution in [3.8, 4) is 12.1 Å². The molecule has 6 nitrogen and oxygen atoms in total. The number of nitrogens with zero attached hydrogens (tertiary/aromatic N) is 3. The summed E-state index contributed by atoms with van der Waals surface area (Å²) in [6.07, 6.45) is -0.169. The smallest absolute Gasteiger partial charge is 0.293 e. The van der Waals surface area contributed by atoms with Crippen LogP contribution in [0.3, 0.4) is 0 Å². The number of fused-ring (bicyclic) bond motifs is 2. The van der Waals surface area contributed by atoms with Gasteiger partial charge >= 0.3 is 0 Å². The molecule has 2 N–H and O–H groups in total. The molecule has 1 aliphatic carbocycles. The second-order valence-corrected chi connectivity index (χ2v) is 5.67. The number of nitrogens with two attached hydrogens (primary N) is 1. The topological polar surface area (TPSA) is 104 Å². The Labute approximate surface area is 105 Å². The fourth-order valence-corrected chi connectivity index (χ4v) is 3.75. The molecule has 0 aromatic carbocycles. The second kappa shape index (κ2) is 2.69. The summed E-state index contributed by atoms with van der Waals surface area (Å²) in [6, 6.07) is 4.39. The molecule has 0 bridgehead atoms. The van der Waals surface area contributed by atoms with E-state index in [1.54, 1.807) is 0 Å². The van der Waals surface area contributed by atoms with E-state index < -0.39 is 22.2 Å². The van der Waals surface area contributed by atoms with E-state index in [0.717, 1.165) is 0 Å².